The summed E-state index contributed by atoms with van der Waals surface area (Å²) in [5, 5.41) is -0.237. The molecule has 0 atom stereocenters. The van der Waals surface area contributed by atoms with Crippen molar-refractivity contribution >= 4 is 11.6 Å². The van der Waals surface area contributed by atoms with Gasteiger partial charge in [-0.05, 0) is 19.1 Å². The number of hydrogen-bond acceptors (Lipinski definition) is 1. The van der Waals surface area contributed by atoms with E-state index < -0.39 is 11.6 Å². The Hall–Kier alpha value is -1.42. The van der Waals surface area contributed by atoms with Gasteiger partial charge in [-0.3, -0.25) is 0 Å². The van der Waals surface area contributed by atoms with Crippen molar-refractivity contribution in [3.63, 3.8) is 0 Å². The Bertz CT molecular complexity index is 508. The van der Waals surface area contributed by atoms with Gasteiger partial charge in [-0.2, -0.15) is 0 Å². The van der Waals surface area contributed by atoms with Crippen molar-refractivity contribution in [1.82, 2.24) is 9.97 Å². The molecule has 2 rings (SSSR count). The third kappa shape index (κ3) is 1.85. The molecule has 1 aromatic carbocycles. The van der Waals surface area contributed by atoms with Crippen molar-refractivity contribution in [3.05, 3.63) is 40.7 Å². The van der Waals surface area contributed by atoms with E-state index in [2.05, 4.69) is 9.97 Å². The highest BCUT2D eigenvalue weighted by molar-refractivity contribution is 6.30. The first kappa shape index (κ1) is 10.1. The Morgan fingerprint density at radius 2 is 2.00 bits per heavy atom. The van der Waals surface area contributed by atoms with Gasteiger partial charge in [0.15, 0.2) is 0 Å². The van der Waals surface area contributed by atoms with Crippen molar-refractivity contribution in [2.75, 3.05) is 0 Å². The lowest BCUT2D eigenvalue weighted by atomic mass is 10.2. The van der Waals surface area contributed by atoms with Crippen LogP contribution < -0.4 is 0 Å². The van der Waals surface area contributed by atoms with E-state index in [1.165, 1.54) is 0 Å². The van der Waals surface area contributed by atoms with Gasteiger partial charge in [0.1, 0.15) is 17.5 Å². The number of hydrogen-bond donors (Lipinski definition) is 1. The molecule has 0 fully saturated rings. The van der Waals surface area contributed by atoms with Crippen LogP contribution in [0.5, 0.6) is 0 Å². The summed E-state index contributed by atoms with van der Waals surface area (Å²) in [4.78, 5) is 6.73. The molecule has 0 radical (unpaired) electrons. The minimum atomic E-state index is -0.665. The second-order valence-electron chi connectivity index (χ2n) is 3.16. The first-order valence-electron chi connectivity index (χ1n) is 4.24. The maximum Gasteiger partial charge on any atom is 0.142 e. The summed E-state index contributed by atoms with van der Waals surface area (Å²) in [6, 6.07) is 1.96. The number of halogens is 3. The first-order valence-corrected chi connectivity index (χ1v) is 4.62. The molecule has 0 aliphatic rings. The monoisotopic (exact) mass is 228 g/mol. The maximum absolute atomic E-state index is 13.4. The van der Waals surface area contributed by atoms with E-state index in [1.807, 2.05) is 0 Å². The molecule has 1 N–H and O–H groups in total. The van der Waals surface area contributed by atoms with E-state index in [0.717, 1.165) is 17.8 Å². The fraction of sp³-hybridized carbons (Fsp3) is 0.100. The fourth-order valence-electron chi connectivity index (χ4n) is 1.25. The van der Waals surface area contributed by atoms with Crippen LogP contribution in [0.1, 0.15) is 5.69 Å². The number of imidazole rings is 1. The quantitative estimate of drug-likeness (QED) is 0.746. The minimum absolute atomic E-state index is 0.0741. The summed E-state index contributed by atoms with van der Waals surface area (Å²) in [6.07, 6.45) is 1.54. The SMILES string of the molecule is Cc1cnc(-c2cc(F)c(Cl)cc2F)[nH]1. The zero-order valence-electron chi connectivity index (χ0n) is 7.81. The molecule has 0 unspecified atom stereocenters. The lowest BCUT2D eigenvalue weighted by Gasteiger charge is -2.01. The largest absolute Gasteiger partial charge is 0.342 e. The molecule has 0 spiro atoms. The van der Waals surface area contributed by atoms with E-state index in [4.69, 9.17) is 11.6 Å². The van der Waals surface area contributed by atoms with Crippen LogP contribution in [0.4, 0.5) is 8.78 Å². The molecule has 0 bridgehead atoms. The topological polar surface area (TPSA) is 28.7 Å². The second-order valence-corrected chi connectivity index (χ2v) is 3.57. The van der Waals surface area contributed by atoms with Gasteiger partial charge in [0, 0.05) is 11.9 Å². The predicted octanol–water partition coefficient (Wildman–Crippen LogP) is 3.32. The standard InChI is InChI=1S/C10H7ClF2N2/c1-5-4-14-10(15-5)6-2-9(13)7(11)3-8(6)12/h2-4H,1H3,(H,14,15). The second kappa shape index (κ2) is 3.62. The molecule has 78 valence electrons. The summed E-state index contributed by atoms with van der Waals surface area (Å²) in [5.74, 6) is -0.974. The summed E-state index contributed by atoms with van der Waals surface area (Å²) < 4.78 is 26.5. The number of aromatic nitrogens is 2. The normalized spacial score (nSPS) is 10.7. The summed E-state index contributed by atoms with van der Waals surface area (Å²) in [5.41, 5.74) is 0.852. The van der Waals surface area contributed by atoms with Gasteiger partial charge in [0.05, 0.1) is 10.6 Å². The number of aromatic amines is 1. The molecule has 0 saturated carbocycles. The number of nitrogens with one attached hydrogen (secondary N) is 1. The summed E-state index contributed by atoms with van der Waals surface area (Å²) >= 11 is 5.43. The number of benzene rings is 1. The third-order valence-electron chi connectivity index (χ3n) is 1.97. The Morgan fingerprint density at radius 1 is 1.27 bits per heavy atom. The van der Waals surface area contributed by atoms with E-state index in [1.54, 1.807) is 13.1 Å². The molecule has 1 aromatic heterocycles. The molecule has 0 aliphatic heterocycles. The van der Waals surface area contributed by atoms with Gasteiger partial charge in [0.25, 0.3) is 0 Å². The molecule has 0 aliphatic carbocycles. The lowest BCUT2D eigenvalue weighted by molar-refractivity contribution is 0.602. The van der Waals surface area contributed by atoms with Crippen molar-refractivity contribution in [2.45, 2.75) is 6.92 Å². The molecule has 1 heterocycles. The third-order valence-corrected chi connectivity index (χ3v) is 2.26. The van der Waals surface area contributed by atoms with Gasteiger partial charge >= 0.3 is 0 Å². The maximum atomic E-state index is 13.4. The molecule has 5 heteroatoms. The Labute approximate surface area is 89.9 Å². The number of nitrogens with zero attached hydrogens (tertiary/aromatic N) is 1. The number of H-pyrrole nitrogens is 1. The van der Waals surface area contributed by atoms with Crippen LogP contribution in [0.3, 0.4) is 0 Å². The van der Waals surface area contributed by atoms with Crippen molar-refractivity contribution in [3.8, 4) is 11.4 Å². The molecule has 0 amide bonds. The van der Waals surface area contributed by atoms with Gasteiger partial charge in [0.2, 0.25) is 0 Å². The molecular formula is C10H7ClF2N2. The van der Waals surface area contributed by atoms with Crippen LogP contribution in [0.15, 0.2) is 18.3 Å². The lowest BCUT2D eigenvalue weighted by Crippen LogP contribution is -1.89. The molecule has 0 saturated heterocycles. The van der Waals surface area contributed by atoms with Crippen LogP contribution >= 0.6 is 11.6 Å². The van der Waals surface area contributed by atoms with Gasteiger partial charge in [-0.25, -0.2) is 13.8 Å². The summed E-state index contributed by atoms with van der Waals surface area (Å²) in [7, 11) is 0. The van der Waals surface area contributed by atoms with Gasteiger partial charge in [-0.1, -0.05) is 11.6 Å². The predicted molar refractivity (Wildman–Crippen MR) is 53.7 cm³/mol. The van der Waals surface area contributed by atoms with Crippen LogP contribution in [0, 0.1) is 18.6 Å². The Balaban J connectivity index is 2.58. The van der Waals surface area contributed by atoms with Crippen LogP contribution in [0.25, 0.3) is 11.4 Å². The molecule has 2 nitrogen and oxygen atoms in total. The average Bonchev–Trinajstić information content (AvgIpc) is 2.58. The van der Waals surface area contributed by atoms with Gasteiger partial charge in [-0.15, -0.1) is 0 Å². The number of rotatable bonds is 1. The van der Waals surface area contributed by atoms with Crippen LogP contribution in [-0.4, -0.2) is 9.97 Å². The minimum Gasteiger partial charge on any atom is -0.342 e. The highest BCUT2D eigenvalue weighted by Crippen LogP contribution is 2.25. The van der Waals surface area contributed by atoms with E-state index >= 15 is 0 Å². The smallest absolute Gasteiger partial charge is 0.142 e. The van der Waals surface area contributed by atoms with E-state index in [0.29, 0.717) is 5.82 Å². The van der Waals surface area contributed by atoms with Crippen molar-refractivity contribution < 1.29 is 8.78 Å². The van der Waals surface area contributed by atoms with E-state index in [9.17, 15) is 8.78 Å². The molecule has 2 aromatic rings. The Morgan fingerprint density at radius 3 is 2.60 bits per heavy atom. The molecular weight excluding hydrogens is 222 g/mol. The van der Waals surface area contributed by atoms with Crippen LogP contribution in [0.2, 0.25) is 5.02 Å². The number of aryl methyl sites for hydroxylation is 1. The average molecular weight is 229 g/mol. The van der Waals surface area contributed by atoms with Crippen molar-refractivity contribution in [2.24, 2.45) is 0 Å². The van der Waals surface area contributed by atoms with E-state index in [-0.39, 0.29) is 10.6 Å². The highest BCUT2D eigenvalue weighted by atomic mass is 35.5. The fourth-order valence-corrected chi connectivity index (χ4v) is 1.40. The van der Waals surface area contributed by atoms with Crippen molar-refractivity contribution in [1.29, 1.82) is 0 Å². The Kier molecular flexibility index (Phi) is 2.44. The summed E-state index contributed by atoms with van der Waals surface area (Å²) in [6.45, 7) is 1.78. The van der Waals surface area contributed by atoms with Gasteiger partial charge < -0.3 is 4.98 Å². The highest BCUT2D eigenvalue weighted by Gasteiger charge is 2.12. The zero-order chi connectivity index (χ0) is 11.0. The molecule has 15 heavy (non-hydrogen) atoms. The van der Waals surface area contributed by atoms with Crippen LogP contribution in [-0.2, 0) is 0 Å². The zero-order valence-corrected chi connectivity index (χ0v) is 8.57. The first-order chi connectivity index (χ1) is 7.08.